The van der Waals surface area contributed by atoms with Gasteiger partial charge in [0.05, 0.1) is 7.11 Å². The molecule has 0 aliphatic rings. The molecular weight excluding hydrogens is 314 g/mol. The lowest BCUT2D eigenvalue weighted by Crippen LogP contribution is -2.27. The van der Waals surface area contributed by atoms with Crippen molar-refractivity contribution in [3.8, 4) is 5.75 Å². The molecule has 0 saturated carbocycles. The summed E-state index contributed by atoms with van der Waals surface area (Å²) < 4.78 is 6.30. The smallest absolute Gasteiger partial charge is 0.118 e. The minimum Gasteiger partial charge on any atom is -0.497 e. The molecule has 0 aliphatic heterocycles. The van der Waals surface area contributed by atoms with E-state index in [0.29, 0.717) is 6.04 Å². The number of nitrogens with one attached hydrogen (secondary N) is 1. The van der Waals surface area contributed by atoms with E-state index in [9.17, 15) is 0 Å². The first-order chi connectivity index (χ1) is 9.67. The highest BCUT2D eigenvalue weighted by atomic mass is 79.9. The highest BCUT2D eigenvalue weighted by Crippen LogP contribution is 2.14. The van der Waals surface area contributed by atoms with E-state index in [2.05, 4.69) is 58.5 Å². The summed E-state index contributed by atoms with van der Waals surface area (Å²) in [5.74, 6) is 0.906. The molecule has 0 heterocycles. The van der Waals surface area contributed by atoms with Gasteiger partial charge in [0.25, 0.3) is 0 Å². The number of methoxy groups -OCH3 is 1. The van der Waals surface area contributed by atoms with Crippen LogP contribution in [0.15, 0.2) is 53.0 Å². The summed E-state index contributed by atoms with van der Waals surface area (Å²) in [6.45, 7) is 3.10. The molecule has 0 spiro atoms. The summed E-state index contributed by atoms with van der Waals surface area (Å²) in [6, 6.07) is 17.1. The fourth-order valence-corrected chi connectivity index (χ4v) is 2.57. The van der Waals surface area contributed by atoms with Gasteiger partial charge in [-0.25, -0.2) is 0 Å². The first-order valence-electron chi connectivity index (χ1n) is 6.78. The van der Waals surface area contributed by atoms with Crippen LogP contribution in [0.5, 0.6) is 5.75 Å². The van der Waals surface area contributed by atoms with Crippen molar-refractivity contribution in [2.24, 2.45) is 0 Å². The molecule has 0 radical (unpaired) electrons. The van der Waals surface area contributed by atoms with Crippen LogP contribution in [0.2, 0.25) is 0 Å². The van der Waals surface area contributed by atoms with Crippen molar-refractivity contribution in [2.45, 2.75) is 25.9 Å². The lowest BCUT2D eigenvalue weighted by molar-refractivity contribution is 0.414. The van der Waals surface area contributed by atoms with Gasteiger partial charge in [0.1, 0.15) is 5.75 Å². The molecule has 0 saturated heterocycles. The Bertz CT molecular complexity index is 539. The summed E-state index contributed by atoms with van der Waals surface area (Å²) in [7, 11) is 1.69. The van der Waals surface area contributed by atoms with Gasteiger partial charge < -0.3 is 10.1 Å². The second-order valence-electron chi connectivity index (χ2n) is 4.96. The zero-order chi connectivity index (χ0) is 14.4. The molecule has 106 valence electrons. The van der Waals surface area contributed by atoms with Crippen LogP contribution in [0, 0.1) is 0 Å². The molecule has 0 aliphatic carbocycles. The summed E-state index contributed by atoms with van der Waals surface area (Å²) >= 11 is 3.50. The number of hydrogen-bond acceptors (Lipinski definition) is 2. The Morgan fingerprint density at radius 3 is 2.50 bits per heavy atom. The van der Waals surface area contributed by atoms with E-state index in [4.69, 9.17) is 4.74 Å². The molecule has 1 atom stereocenters. The lowest BCUT2D eigenvalue weighted by Gasteiger charge is -2.14. The van der Waals surface area contributed by atoms with Gasteiger partial charge in [-0.15, -0.1) is 0 Å². The second-order valence-corrected chi connectivity index (χ2v) is 5.88. The predicted molar refractivity (Wildman–Crippen MR) is 87.1 cm³/mol. The Labute approximate surface area is 129 Å². The van der Waals surface area contributed by atoms with Gasteiger partial charge in [-0.3, -0.25) is 0 Å². The summed E-state index contributed by atoms with van der Waals surface area (Å²) in [4.78, 5) is 0. The summed E-state index contributed by atoms with van der Waals surface area (Å²) in [5.41, 5.74) is 2.61. The van der Waals surface area contributed by atoms with Gasteiger partial charge in [-0.2, -0.15) is 0 Å². The van der Waals surface area contributed by atoms with Crippen LogP contribution >= 0.6 is 15.9 Å². The topological polar surface area (TPSA) is 21.3 Å². The third-order valence-corrected chi connectivity index (χ3v) is 3.74. The zero-order valence-electron chi connectivity index (χ0n) is 11.9. The van der Waals surface area contributed by atoms with Gasteiger partial charge in [0.2, 0.25) is 0 Å². The highest BCUT2D eigenvalue weighted by Gasteiger charge is 2.04. The van der Waals surface area contributed by atoms with Crippen LogP contribution in [-0.2, 0) is 13.0 Å². The summed E-state index contributed by atoms with van der Waals surface area (Å²) in [6.07, 6.45) is 1.01. The maximum absolute atomic E-state index is 5.17. The SMILES string of the molecule is COc1ccc(CC(C)NCc2cccc(Br)c2)cc1. The van der Waals surface area contributed by atoms with Crippen LogP contribution in [0.3, 0.4) is 0 Å². The van der Waals surface area contributed by atoms with Crippen LogP contribution in [0.1, 0.15) is 18.1 Å². The number of halogens is 1. The van der Waals surface area contributed by atoms with Gasteiger partial charge in [0, 0.05) is 17.1 Å². The number of ether oxygens (including phenoxy) is 1. The molecule has 0 fully saturated rings. The highest BCUT2D eigenvalue weighted by molar-refractivity contribution is 9.10. The molecule has 1 N–H and O–H groups in total. The van der Waals surface area contributed by atoms with Crippen LogP contribution in [0.4, 0.5) is 0 Å². The monoisotopic (exact) mass is 333 g/mol. The molecule has 0 bridgehead atoms. The third kappa shape index (κ3) is 4.66. The van der Waals surface area contributed by atoms with Gasteiger partial charge in [-0.05, 0) is 48.7 Å². The molecule has 2 aromatic rings. The van der Waals surface area contributed by atoms with Gasteiger partial charge in [0.15, 0.2) is 0 Å². The third-order valence-electron chi connectivity index (χ3n) is 3.24. The van der Waals surface area contributed by atoms with E-state index in [1.54, 1.807) is 7.11 Å². The van der Waals surface area contributed by atoms with Crippen LogP contribution in [0.25, 0.3) is 0 Å². The normalized spacial score (nSPS) is 12.2. The average molecular weight is 334 g/mol. The van der Waals surface area contributed by atoms with Crippen molar-refractivity contribution in [1.82, 2.24) is 5.32 Å². The number of rotatable bonds is 6. The molecule has 2 nitrogen and oxygen atoms in total. The maximum Gasteiger partial charge on any atom is 0.118 e. The largest absolute Gasteiger partial charge is 0.497 e. The zero-order valence-corrected chi connectivity index (χ0v) is 13.5. The van der Waals surface area contributed by atoms with E-state index >= 15 is 0 Å². The molecule has 2 rings (SSSR count). The lowest BCUT2D eigenvalue weighted by atomic mass is 10.1. The molecular formula is C17H20BrNO. The summed E-state index contributed by atoms with van der Waals surface area (Å²) in [5, 5.41) is 3.55. The number of benzene rings is 2. The van der Waals surface area contributed by atoms with E-state index in [1.165, 1.54) is 11.1 Å². The van der Waals surface area contributed by atoms with Crippen molar-refractivity contribution in [3.63, 3.8) is 0 Å². The Morgan fingerprint density at radius 2 is 1.85 bits per heavy atom. The van der Waals surface area contributed by atoms with E-state index in [0.717, 1.165) is 23.2 Å². The Balaban J connectivity index is 1.84. The molecule has 20 heavy (non-hydrogen) atoms. The predicted octanol–water partition coefficient (Wildman–Crippen LogP) is 4.18. The first-order valence-corrected chi connectivity index (χ1v) is 7.57. The van der Waals surface area contributed by atoms with E-state index in [-0.39, 0.29) is 0 Å². The Kier molecular flexibility index (Phi) is 5.62. The van der Waals surface area contributed by atoms with Crippen molar-refractivity contribution >= 4 is 15.9 Å². The Morgan fingerprint density at radius 1 is 1.10 bits per heavy atom. The molecule has 0 amide bonds. The molecule has 1 unspecified atom stereocenters. The van der Waals surface area contributed by atoms with Crippen molar-refractivity contribution in [1.29, 1.82) is 0 Å². The van der Waals surface area contributed by atoms with Crippen molar-refractivity contribution < 1.29 is 4.74 Å². The van der Waals surface area contributed by atoms with E-state index < -0.39 is 0 Å². The fraction of sp³-hybridized carbons (Fsp3) is 0.294. The minimum atomic E-state index is 0.433. The molecule has 2 aromatic carbocycles. The van der Waals surface area contributed by atoms with Crippen molar-refractivity contribution in [2.75, 3.05) is 7.11 Å². The van der Waals surface area contributed by atoms with Crippen LogP contribution < -0.4 is 10.1 Å². The standard InChI is InChI=1S/C17H20BrNO/c1-13(10-14-6-8-17(20-2)9-7-14)19-12-15-4-3-5-16(18)11-15/h3-9,11,13,19H,10,12H2,1-2H3. The minimum absolute atomic E-state index is 0.433. The first kappa shape index (κ1) is 15.1. The van der Waals surface area contributed by atoms with Crippen molar-refractivity contribution in [3.05, 3.63) is 64.1 Å². The Hall–Kier alpha value is -1.32. The molecule has 3 heteroatoms. The molecule has 0 aromatic heterocycles. The quantitative estimate of drug-likeness (QED) is 0.856. The fourth-order valence-electron chi connectivity index (χ4n) is 2.13. The number of hydrogen-bond donors (Lipinski definition) is 1. The average Bonchev–Trinajstić information content (AvgIpc) is 2.46. The van der Waals surface area contributed by atoms with Crippen LogP contribution in [-0.4, -0.2) is 13.2 Å². The second kappa shape index (κ2) is 7.46. The van der Waals surface area contributed by atoms with Gasteiger partial charge in [-0.1, -0.05) is 40.2 Å². The maximum atomic E-state index is 5.17. The van der Waals surface area contributed by atoms with Gasteiger partial charge >= 0.3 is 0 Å². The van der Waals surface area contributed by atoms with E-state index in [1.807, 2.05) is 18.2 Å².